The van der Waals surface area contributed by atoms with Crippen molar-refractivity contribution in [1.29, 1.82) is 0 Å². The first-order valence-electron chi connectivity index (χ1n) is 10.4. The van der Waals surface area contributed by atoms with E-state index in [2.05, 4.69) is 41.4 Å². The lowest BCUT2D eigenvalue weighted by Gasteiger charge is -2.35. The molecule has 138 valence electrons. The minimum absolute atomic E-state index is 0.846. The molecule has 3 unspecified atom stereocenters. The summed E-state index contributed by atoms with van der Waals surface area (Å²) in [6.45, 7) is 5.93. The predicted molar refractivity (Wildman–Crippen MR) is 108 cm³/mol. The molecule has 0 radical (unpaired) electrons. The van der Waals surface area contributed by atoms with Crippen LogP contribution in [0.25, 0.3) is 0 Å². The third-order valence-electron chi connectivity index (χ3n) is 5.72. The highest BCUT2D eigenvalue weighted by molar-refractivity contribution is 7.99. The molecule has 24 heavy (non-hydrogen) atoms. The molecule has 0 bridgehead atoms. The summed E-state index contributed by atoms with van der Waals surface area (Å²) in [7, 11) is 0. The van der Waals surface area contributed by atoms with Crippen molar-refractivity contribution >= 4 is 11.8 Å². The van der Waals surface area contributed by atoms with Crippen LogP contribution < -0.4 is 0 Å². The van der Waals surface area contributed by atoms with E-state index in [9.17, 15) is 0 Å². The molecule has 0 aliphatic heterocycles. The topological polar surface area (TPSA) is 17.8 Å². The van der Waals surface area contributed by atoms with Crippen molar-refractivity contribution in [1.82, 2.24) is 9.55 Å². The second-order valence-electron chi connectivity index (χ2n) is 7.69. The van der Waals surface area contributed by atoms with Gasteiger partial charge in [-0.25, -0.2) is 4.98 Å². The molecule has 1 fully saturated rings. The quantitative estimate of drug-likeness (QED) is 0.397. The second-order valence-corrected chi connectivity index (χ2v) is 9.04. The van der Waals surface area contributed by atoms with Crippen molar-refractivity contribution in [3.63, 3.8) is 0 Å². The SMILES string of the molecule is CCCCCCCCSC(CCn1ccnc1)C1CCCCC1C. The summed E-state index contributed by atoms with van der Waals surface area (Å²) in [5.41, 5.74) is 0. The molecule has 2 nitrogen and oxygen atoms in total. The Morgan fingerprint density at radius 2 is 1.92 bits per heavy atom. The molecule has 1 heterocycles. The van der Waals surface area contributed by atoms with Crippen molar-refractivity contribution < 1.29 is 0 Å². The van der Waals surface area contributed by atoms with Gasteiger partial charge in [0.05, 0.1) is 6.33 Å². The molecule has 1 aromatic rings. The van der Waals surface area contributed by atoms with Crippen molar-refractivity contribution in [2.24, 2.45) is 11.8 Å². The Bertz CT molecular complexity index is 404. The van der Waals surface area contributed by atoms with Crippen LogP contribution in [-0.4, -0.2) is 20.6 Å². The lowest BCUT2D eigenvalue weighted by molar-refractivity contribution is 0.242. The van der Waals surface area contributed by atoms with Gasteiger partial charge in [-0.1, -0.05) is 65.2 Å². The van der Waals surface area contributed by atoms with E-state index in [1.807, 2.05) is 12.5 Å². The highest BCUT2D eigenvalue weighted by Gasteiger charge is 2.29. The predicted octanol–water partition coefficient (Wildman–Crippen LogP) is 6.56. The highest BCUT2D eigenvalue weighted by atomic mass is 32.2. The monoisotopic (exact) mass is 350 g/mol. The van der Waals surface area contributed by atoms with Gasteiger partial charge in [0.1, 0.15) is 0 Å². The summed E-state index contributed by atoms with van der Waals surface area (Å²) in [4.78, 5) is 4.19. The second kappa shape index (κ2) is 12.0. The third-order valence-corrected chi connectivity index (χ3v) is 7.25. The zero-order valence-corrected chi connectivity index (χ0v) is 16.8. The zero-order valence-electron chi connectivity index (χ0n) is 16.0. The van der Waals surface area contributed by atoms with Crippen LogP contribution in [0, 0.1) is 11.8 Å². The molecule has 1 aromatic heterocycles. The Morgan fingerprint density at radius 3 is 2.67 bits per heavy atom. The Hall–Kier alpha value is -0.440. The Labute approximate surface area is 154 Å². The van der Waals surface area contributed by atoms with E-state index >= 15 is 0 Å². The largest absolute Gasteiger partial charge is 0.337 e. The first-order valence-corrected chi connectivity index (χ1v) is 11.4. The van der Waals surface area contributed by atoms with Crippen LogP contribution in [0.1, 0.15) is 84.5 Å². The average Bonchev–Trinajstić information content (AvgIpc) is 3.11. The van der Waals surface area contributed by atoms with Crippen molar-refractivity contribution in [3.8, 4) is 0 Å². The van der Waals surface area contributed by atoms with Crippen molar-refractivity contribution in [2.75, 3.05) is 5.75 Å². The van der Waals surface area contributed by atoms with Crippen LogP contribution in [0.15, 0.2) is 18.7 Å². The minimum atomic E-state index is 0.846. The standard InChI is InChI=1S/C21H38N2S/c1-3-4-5-6-7-10-17-24-21(13-15-23-16-14-22-18-23)20-12-9-8-11-19(20)2/h14,16,18-21H,3-13,15,17H2,1-2H3. The maximum absolute atomic E-state index is 4.19. The Morgan fingerprint density at radius 1 is 1.12 bits per heavy atom. The van der Waals surface area contributed by atoms with Gasteiger partial charge in [0.2, 0.25) is 0 Å². The molecule has 2 rings (SSSR count). The first-order chi connectivity index (χ1) is 11.8. The van der Waals surface area contributed by atoms with Crippen LogP contribution in [0.2, 0.25) is 0 Å². The lowest BCUT2D eigenvalue weighted by atomic mass is 9.78. The molecule has 1 aliphatic carbocycles. The van der Waals surface area contributed by atoms with Gasteiger partial charge in [-0.15, -0.1) is 0 Å². The van der Waals surface area contributed by atoms with Gasteiger partial charge in [0, 0.05) is 24.2 Å². The molecule has 3 heteroatoms. The van der Waals surface area contributed by atoms with E-state index in [1.165, 1.54) is 76.4 Å². The number of nitrogens with zero attached hydrogens (tertiary/aromatic N) is 2. The Balaban J connectivity index is 1.74. The van der Waals surface area contributed by atoms with Gasteiger partial charge in [0.15, 0.2) is 0 Å². The van der Waals surface area contributed by atoms with Crippen molar-refractivity contribution in [3.05, 3.63) is 18.7 Å². The van der Waals surface area contributed by atoms with E-state index < -0.39 is 0 Å². The van der Waals surface area contributed by atoms with Crippen molar-refractivity contribution in [2.45, 2.75) is 96.3 Å². The normalized spacial score (nSPS) is 22.6. The average molecular weight is 351 g/mol. The molecule has 0 saturated heterocycles. The summed E-state index contributed by atoms with van der Waals surface area (Å²) in [5, 5.41) is 0.846. The van der Waals surface area contributed by atoms with E-state index in [1.54, 1.807) is 0 Å². The number of rotatable bonds is 12. The van der Waals surface area contributed by atoms with Crippen LogP contribution >= 0.6 is 11.8 Å². The number of imidazole rings is 1. The number of hydrogen-bond donors (Lipinski definition) is 0. The molecule has 0 aromatic carbocycles. The zero-order chi connectivity index (χ0) is 17.0. The fourth-order valence-corrected chi connectivity index (χ4v) is 5.73. The maximum Gasteiger partial charge on any atom is 0.0945 e. The first kappa shape index (κ1) is 19.9. The molecule has 1 saturated carbocycles. The number of thioether (sulfide) groups is 1. The van der Waals surface area contributed by atoms with E-state index in [0.29, 0.717) is 0 Å². The summed E-state index contributed by atoms with van der Waals surface area (Å²) in [5.74, 6) is 3.22. The lowest BCUT2D eigenvalue weighted by Crippen LogP contribution is -2.28. The van der Waals surface area contributed by atoms with Crippen LogP contribution in [-0.2, 0) is 6.54 Å². The molecule has 0 amide bonds. The van der Waals surface area contributed by atoms with Gasteiger partial charge in [0.25, 0.3) is 0 Å². The van der Waals surface area contributed by atoms with E-state index in [0.717, 1.165) is 23.6 Å². The number of hydrogen-bond acceptors (Lipinski definition) is 2. The number of unbranched alkanes of at least 4 members (excludes halogenated alkanes) is 5. The van der Waals surface area contributed by atoms with E-state index in [-0.39, 0.29) is 0 Å². The summed E-state index contributed by atoms with van der Waals surface area (Å²) < 4.78 is 2.26. The van der Waals surface area contributed by atoms with Crippen LogP contribution in [0.5, 0.6) is 0 Å². The van der Waals surface area contributed by atoms with Gasteiger partial charge >= 0.3 is 0 Å². The molecule has 1 aliphatic rings. The van der Waals surface area contributed by atoms with E-state index in [4.69, 9.17) is 0 Å². The number of aryl methyl sites for hydroxylation is 1. The van der Waals surface area contributed by atoms with Gasteiger partial charge in [-0.3, -0.25) is 0 Å². The number of aromatic nitrogens is 2. The molecular weight excluding hydrogens is 312 g/mol. The van der Waals surface area contributed by atoms with Gasteiger partial charge in [-0.2, -0.15) is 11.8 Å². The summed E-state index contributed by atoms with van der Waals surface area (Å²) in [6.07, 6.45) is 21.6. The Kier molecular flexibility index (Phi) is 9.94. The fourth-order valence-electron chi connectivity index (χ4n) is 4.13. The molecular formula is C21H38N2S. The molecule has 3 atom stereocenters. The van der Waals surface area contributed by atoms with Crippen LogP contribution in [0.4, 0.5) is 0 Å². The van der Waals surface area contributed by atoms with Gasteiger partial charge in [-0.05, 0) is 36.9 Å². The minimum Gasteiger partial charge on any atom is -0.337 e. The maximum atomic E-state index is 4.19. The highest BCUT2D eigenvalue weighted by Crippen LogP contribution is 2.38. The van der Waals surface area contributed by atoms with Gasteiger partial charge < -0.3 is 4.57 Å². The molecule has 0 spiro atoms. The fraction of sp³-hybridized carbons (Fsp3) is 0.857. The van der Waals surface area contributed by atoms with Crippen LogP contribution in [0.3, 0.4) is 0 Å². The smallest absolute Gasteiger partial charge is 0.0945 e. The summed E-state index contributed by atoms with van der Waals surface area (Å²) in [6, 6.07) is 0. The molecule has 0 N–H and O–H groups in total. The third kappa shape index (κ3) is 7.21. The summed E-state index contributed by atoms with van der Waals surface area (Å²) >= 11 is 2.28.